The van der Waals surface area contributed by atoms with Crippen LogP contribution in [-0.4, -0.2) is 58.4 Å². The van der Waals surface area contributed by atoms with Crippen LogP contribution in [0.25, 0.3) is 0 Å². The van der Waals surface area contributed by atoms with Crippen molar-refractivity contribution in [1.82, 2.24) is 9.21 Å². The van der Waals surface area contributed by atoms with Crippen LogP contribution in [0.4, 0.5) is 5.69 Å². The molecule has 0 aliphatic heterocycles. The summed E-state index contributed by atoms with van der Waals surface area (Å²) in [6.45, 7) is 4.22. The van der Waals surface area contributed by atoms with Crippen molar-refractivity contribution in [1.29, 1.82) is 0 Å². The van der Waals surface area contributed by atoms with Gasteiger partial charge in [-0.05, 0) is 58.3 Å². The molecule has 0 saturated carbocycles. The molecule has 0 atom stereocenters. The summed E-state index contributed by atoms with van der Waals surface area (Å²) in [5, 5.41) is 3.15. The lowest BCUT2D eigenvalue weighted by molar-refractivity contribution is 0.370. The van der Waals surface area contributed by atoms with Crippen molar-refractivity contribution in [2.75, 3.05) is 46.1 Å². The van der Waals surface area contributed by atoms with E-state index >= 15 is 0 Å². The lowest BCUT2D eigenvalue weighted by Crippen LogP contribution is -2.29. The molecule has 0 bridgehead atoms. The zero-order valence-electron chi connectivity index (χ0n) is 12.8. The van der Waals surface area contributed by atoms with Crippen LogP contribution in [0.5, 0.6) is 0 Å². The lowest BCUT2D eigenvalue weighted by atomic mass is 10.3. The Morgan fingerprint density at radius 3 is 2.15 bits per heavy atom. The van der Waals surface area contributed by atoms with E-state index in [4.69, 9.17) is 0 Å². The van der Waals surface area contributed by atoms with Crippen LogP contribution in [0.2, 0.25) is 0 Å². The summed E-state index contributed by atoms with van der Waals surface area (Å²) in [5.74, 6) is 0. The number of sulfonamides is 1. The second kappa shape index (κ2) is 7.61. The smallest absolute Gasteiger partial charge is 0.242 e. The van der Waals surface area contributed by atoms with Crippen LogP contribution >= 0.6 is 0 Å². The van der Waals surface area contributed by atoms with Gasteiger partial charge in [-0.15, -0.1) is 0 Å². The van der Waals surface area contributed by atoms with Crippen molar-refractivity contribution >= 4 is 15.7 Å². The van der Waals surface area contributed by atoms with Gasteiger partial charge in [0.25, 0.3) is 0 Å². The van der Waals surface area contributed by atoms with Gasteiger partial charge in [-0.2, -0.15) is 0 Å². The van der Waals surface area contributed by atoms with Crippen molar-refractivity contribution in [2.24, 2.45) is 0 Å². The first-order valence-electron chi connectivity index (χ1n) is 6.83. The van der Waals surface area contributed by atoms with E-state index in [1.807, 2.05) is 25.9 Å². The van der Waals surface area contributed by atoms with Gasteiger partial charge >= 0.3 is 0 Å². The lowest BCUT2D eigenvalue weighted by Gasteiger charge is -2.18. The molecule has 5 nitrogen and oxygen atoms in total. The third-order valence-corrected chi connectivity index (χ3v) is 4.89. The molecular weight excluding hydrogens is 274 g/mol. The van der Waals surface area contributed by atoms with Crippen LogP contribution in [0.15, 0.2) is 29.2 Å². The third kappa shape index (κ3) is 4.77. The molecule has 20 heavy (non-hydrogen) atoms. The highest BCUT2D eigenvalue weighted by atomic mass is 32.2. The average Bonchev–Trinajstić information content (AvgIpc) is 2.39. The molecule has 0 spiro atoms. The first-order chi connectivity index (χ1) is 9.37. The predicted octanol–water partition coefficient (Wildman–Crippen LogP) is 1.69. The molecule has 0 aliphatic rings. The molecule has 6 heteroatoms. The topological polar surface area (TPSA) is 52.7 Å². The van der Waals surface area contributed by atoms with Gasteiger partial charge in [0, 0.05) is 25.8 Å². The number of benzene rings is 1. The molecule has 0 aromatic heterocycles. The zero-order chi connectivity index (χ0) is 15.2. The van der Waals surface area contributed by atoms with Gasteiger partial charge in [-0.25, -0.2) is 12.7 Å². The van der Waals surface area contributed by atoms with E-state index in [1.54, 1.807) is 31.3 Å². The van der Waals surface area contributed by atoms with Crippen LogP contribution in [0.1, 0.15) is 13.3 Å². The molecule has 114 valence electrons. The number of rotatable bonds is 8. The zero-order valence-corrected chi connectivity index (χ0v) is 13.6. The molecule has 0 heterocycles. The van der Waals surface area contributed by atoms with Crippen molar-refractivity contribution in [3.63, 3.8) is 0 Å². The SMILES string of the molecule is CCNc1ccc(S(=O)(=O)N(C)CCCN(C)C)cc1. The highest BCUT2D eigenvalue weighted by Crippen LogP contribution is 2.17. The highest BCUT2D eigenvalue weighted by Gasteiger charge is 2.20. The number of anilines is 1. The number of nitrogens with one attached hydrogen (secondary N) is 1. The van der Waals surface area contributed by atoms with E-state index < -0.39 is 10.0 Å². The van der Waals surface area contributed by atoms with E-state index in [-0.39, 0.29) is 0 Å². The summed E-state index contributed by atoms with van der Waals surface area (Å²) in [6, 6.07) is 6.89. The summed E-state index contributed by atoms with van der Waals surface area (Å²) in [7, 11) is 2.21. The van der Waals surface area contributed by atoms with Gasteiger partial charge < -0.3 is 10.2 Å². The molecule has 1 N–H and O–H groups in total. The molecule has 0 aliphatic carbocycles. The third-order valence-electron chi connectivity index (χ3n) is 3.02. The van der Waals surface area contributed by atoms with Crippen LogP contribution in [0.3, 0.4) is 0 Å². The highest BCUT2D eigenvalue weighted by molar-refractivity contribution is 7.89. The van der Waals surface area contributed by atoms with Gasteiger partial charge in [-0.1, -0.05) is 0 Å². The van der Waals surface area contributed by atoms with E-state index in [2.05, 4.69) is 5.32 Å². The molecular formula is C14H25N3O2S. The molecule has 0 radical (unpaired) electrons. The Balaban J connectivity index is 2.71. The van der Waals surface area contributed by atoms with Crippen molar-refractivity contribution in [3.05, 3.63) is 24.3 Å². The predicted molar refractivity (Wildman–Crippen MR) is 83.6 cm³/mol. The van der Waals surface area contributed by atoms with Gasteiger partial charge in [-0.3, -0.25) is 0 Å². The second-order valence-corrected chi connectivity index (χ2v) is 7.08. The first-order valence-corrected chi connectivity index (χ1v) is 8.27. The summed E-state index contributed by atoms with van der Waals surface area (Å²) < 4.78 is 26.2. The minimum absolute atomic E-state index is 0.339. The Morgan fingerprint density at radius 1 is 1.05 bits per heavy atom. The van der Waals surface area contributed by atoms with Gasteiger partial charge in [0.2, 0.25) is 10.0 Å². The van der Waals surface area contributed by atoms with Crippen LogP contribution in [0, 0.1) is 0 Å². The largest absolute Gasteiger partial charge is 0.385 e. The first kappa shape index (κ1) is 16.9. The maximum absolute atomic E-state index is 12.4. The van der Waals surface area contributed by atoms with Crippen LogP contribution < -0.4 is 5.32 Å². The van der Waals surface area contributed by atoms with Gasteiger partial charge in [0.15, 0.2) is 0 Å². The fourth-order valence-electron chi connectivity index (χ4n) is 1.86. The van der Waals surface area contributed by atoms with Gasteiger partial charge in [0.05, 0.1) is 4.90 Å². The molecule has 1 rings (SSSR count). The summed E-state index contributed by atoms with van der Waals surface area (Å²) in [5.41, 5.74) is 0.932. The maximum atomic E-state index is 12.4. The Morgan fingerprint density at radius 2 is 1.65 bits per heavy atom. The minimum Gasteiger partial charge on any atom is -0.385 e. The Kier molecular flexibility index (Phi) is 6.45. The van der Waals surface area contributed by atoms with E-state index in [9.17, 15) is 8.42 Å². The minimum atomic E-state index is -3.38. The second-order valence-electron chi connectivity index (χ2n) is 5.04. The van der Waals surface area contributed by atoms with E-state index in [0.29, 0.717) is 11.4 Å². The average molecular weight is 299 g/mol. The van der Waals surface area contributed by atoms with E-state index in [0.717, 1.165) is 25.2 Å². The normalized spacial score (nSPS) is 12.1. The molecule has 0 fully saturated rings. The number of nitrogens with zero attached hydrogens (tertiary/aromatic N) is 2. The fraction of sp³-hybridized carbons (Fsp3) is 0.571. The summed E-state index contributed by atoms with van der Waals surface area (Å²) in [6.07, 6.45) is 0.818. The summed E-state index contributed by atoms with van der Waals surface area (Å²) >= 11 is 0. The van der Waals surface area contributed by atoms with Gasteiger partial charge in [0.1, 0.15) is 0 Å². The molecule has 1 aromatic rings. The molecule has 0 amide bonds. The summed E-state index contributed by atoms with van der Waals surface area (Å²) in [4.78, 5) is 2.39. The Labute approximate surface area is 122 Å². The molecule has 1 aromatic carbocycles. The number of hydrogen-bond donors (Lipinski definition) is 1. The molecule has 0 saturated heterocycles. The van der Waals surface area contributed by atoms with E-state index in [1.165, 1.54) is 4.31 Å². The Hall–Kier alpha value is -1.11. The quantitative estimate of drug-likeness (QED) is 0.794. The fourth-order valence-corrected chi connectivity index (χ4v) is 3.07. The van der Waals surface area contributed by atoms with Crippen molar-refractivity contribution in [2.45, 2.75) is 18.2 Å². The monoisotopic (exact) mass is 299 g/mol. The molecule has 0 unspecified atom stereocenters. The maximum Gasteiger partial charge on any atom is 0.242 e. The van der Waals surface area contributed by atoms with Crippen molar-refractivity contribution < 1.29 is 8.42 Å². The number of hydrogen-bond acceptors (Lipinski definition) is 4. The Bertz CT molecular complexity index is 498. The van der Waals surface area contributed by atoms with Crippen molar-refractivity contribution in [3.8, 4) is 0 Å². The van der Waals surface area contributed by atoms with Crippen LogP contribution in [-0.2, 0) is 10.0 Å². The standard InChI is InChI=1S/C14H25N3O2S/c1-5-15-13-7-9-14(10-8-13)20(18,19)17(4)12-6-11-16(2)3/h7-10,15H,5-6,11-12H2,1-4H3.